The van der Waals surface area contributed by atoms with Gasteiger partial charge in [0.15, 0.2) is 5.82 Å². The Hall–Kier alpha value is -1.69. The number of nitrogens with one attached hydrogen (secondary N) is 1. The minimum atomic E-state index is 0.298. The zero-order valence-corrected chi connectivity index (χ0v) is 12.5. The molecule has 0 aliphatic rings. The molecule has 0 fully saturated rings. The second-order valence-electron chi connectivity index (χ2n) is 5.23. The molecular formula is C14H23N5O. The van der Waals surface area contributed by atoms with Crippen molar-refractivity contribution in [3.05, 3.63) is 29.7 Å². The van der Waals surface area contributed by atoms with Gasteiger partial charge in [0.2, 0.25) is 5.89 Å². The van der Waals surface area contributed by atoms with Crippen molar-refractivity contribution in [2.24, 2.45) is 0 Å². The summed E-state index contributed by atoms with van der Waals surface area (Å²) in [6.07, 6.45) is 6.99. The molecule has 0 amide bonds. The molecule has 0 aromatic carbocycles. The van der Waals surface area contributed by atoms with Crippen LogP contribution in [0.5, 0.6) is 0 Å². The lowest BCUT2D eigenvalue weighted by Crippen LogP contribution is -2.30. The third kappa shape index (κ3) is 4.45. The standard InChI is InChI=1S/C14H23N5O/c1-4-5-6-14-17-13(18-20-14)8-15-12(3)10-19-9-11(2)7-16-19/h7,9,12,15H,4-6,8,10H2,1-3H3. The molecule has 0 saturated carbocycles. The smallest absolute Gasteiger partial charge is 0.226 e. The molecule has 0 bridgehead atoms. The summed E-state index contributed by atoms with van der Waals surface area (Å²) in [6.45, 7) is 7.76. The summed E-state index contributed by atoms with van der Waals surface area (Å²) in [5.74, 6) is 1.46. The van der Waals surface area contributed by atoms with E-state index in [1.165, 1.54) is 5.56 Å². The normalized spacial score (nSPS) is 12.8. The molecule has 2 rings (SSSR count). The Morgan fingerprint density at radius 2 is 2.30 bits per heavy atom. The minimum absolute atomic E-state index is 0.298. The fraction of sp³-hybridized carbons (Fsp3) is 0.643. The fourth-order valence-electron chi connectivity index (χ4n) is 1.97. The first-order chi connectivity index (χ1) is 9.67. The summed E-state index contributed by atoms with van der Waals surface area (Å²) >= 11 is 0. The topological polar surface area (TPSA) is 68.8 Å². The first kappa shape index (κ1) is 14.7. The van der Waals surface area contributed by atoms with Gasteiger partial charge in [0, 0.05) is 18.7 Å². The van der Waals surface area contributed by atoms with Gasteiger partial charge < -0.3 is 9.84 Å². The van der Waals surface area contributed by atoms with Crippen LogP contribution in [0.4, 0.5) is 0 Å². The molecule has 2 aromatic rings. The van der Waals surface area contributed by atoms with Crippen molar-refractivity contribution in [3.63, 3.8) is 0 Å². The molecule has 0 radical (unpaired) electrons. The third-order valence-corrected chi connectivity index (χ3v) is 3.09. The highest BCUT2D eigenvalue weighted by molar-refractivity contribution is 4.99. The molecule has 1 atom stereocenters. The van der Waals surface area contributed by atoms with E-state index < -0.39 is 0 Å². The quantitative estimate of drug-likeness (QED) is 0.800. The van der Waals surface area contributed by atoms with Crippen LogP contribution in [-0.2, 0) is 19.5 Å². The van der Waals surface area contributed by atoms with Gasteiger partial charge in [0.05, 0.1) is 19.3 Å². The Bertz CT molecular complexity index is 519. The van der Waals surface area contributed by atoms with Crippen LogP contribution in [0.2, 0.25) is 0 Å². The lowest BCUT2D eigenvalue weighted by Gasteiger charge is -2.12. The molecule has 0 saturated heterocycles. The van der Waals surface area contributed by atoms with Crippen LogP contribution in [0.25, 0.3) is 0 Å². The minimum Gasteiger partial charge on any atom is -0.339 e. The maximum absolute atomic E-state index is 5.20. The van der Waals surface area contributed by atoms with E-state index in [-0.39, 0.29) is 0 Å². The molecule has 0 aliphatic carbocycles. The molecule has 110 valence electrons. The largest absolute Gasteiger partial charge is 0.339 e. The SMILES string of the molecule is CCCCc1nc(CNC(C)Cn2cc(C)cn2)no1. The van der Waals surface area contributed by atoms with Gasteiger partial charge in [0.25, 0.3) is 0 Å². The van der Waals surface area contributed by atoms with Crippen molar-refractivity contribution in [1.82, 2.24) is 25.2 Å². The molecule has 0 aliphatic heterocycles. The average molecular weight is 277 g/mol. The third-order valence-electron chi connectivity index (χ3n) is 3.09. The number of unbranched alkanes of at least 4 members (excludes halogenated alkanes) is 1. The summed E-state index contributed by atoms with van der Waals surface area (Å²) in [7, 11) is 0. The molecule has 6 heteroatoms. The maximum atomic E-state index is 5.20. The Kier molecular flexibility index (Phi) is 5.29. The number of nitrogens with zero attached hydrogens (tertiary/aromatic N) is 4. The highest BCUT2D eigenvalue weighted by atomic mass is 16.5. The van der Waals surface area contributed by atoms with E-state index in [1.807, 2.05) is 24.0 Å². The van der Waals surface area contributed by atoms with E-state index in [0.29, 0.717) is 12.6 Å². The van der Waals surface area contributed by atoms with Gasteiger partial charge >= 0.3 is 0 Å². The van der Waals surface area contributed by atoms with Crippen molar-refractivity contribution in [3.8, 4) is 0 Å². The molecule has 0 spiro atoms. The van der Waals surface area contributed by atoms with E-state index in [4.69, 9.17) is 4.52 Å². The second-order valence-corrected chi connectivity index (χ2v) is 5.23. The van der Waals surface area contributed by atoms with Gasteiger partial charge in [0.1, 0.15) is 0 Å². The van der Waals surface area contributed by atoms with Crippen LogP contribution >= 0.6 is 0 Å². The first-order valence-electron chi connectivity index (χ1n) is 7.21. The zero-order chi connectivity index (χ0) is 14.4. The molecule has 1 unspecified atom stereocenters. The predicted molar refractivity (Wildman–Crippen MR) is 76.2 cm³/mol. The second kappa shape index (κ2) is 7.19. The van der Waals surface area contributed by atoms with Crippen molar-refractivity contribution < 1.29 is 4.52 Å². The van der Waals surface area contributed by atoms with Crippen molar-refractivity contribution in [1.29, 1.82) is 0 Å². The molecule has 2 heterocycles. The molecule has 20 heavy (non-hydrogen) atoms. The van der Waals surface area contributed by atoms with Gasteiger partial charge in [-0.3, -0.25) is 4.68 Å². The number of rotatable bonds is 8. The molecule has 6 nitrogen and oxygen atoms in total. The Morgan fingerprint density at radius 3 is 3.00 bits per heavy atom. The monoisotopic (exact) mass is 277 g/mol. The van der Waals surface area contributed by atoms with Gasteiger partial charge in [-0.1, -0.05) is 18.5 Å². The van der Waals surface area contributed by atoms with E-state index in [0.717, 1.165) is 37.5 Å². The zero-order valence-electron chi connectivity index (χ0n) is 12.5. The predicted octanol–water partition coefficient (Wildman–Crippen LogP) is 2.10. The average Bonchev–Trinajstić information content (AvgIpc) is 3.03. The molecule has 2 aromatic heterocycles. The fourth-order valence-corrected chi connectivity index (χ4v) is 1.97. The maximum Gasteiger partial charge on any atom is 0.226 e. The molecule has 1 N–H and O–H groups in total. The van der Waals surface area contributed by atoms with E-state index >= 15 is 0 Å². The van der Waals surface area contributed by atoms with Gasteiger partial charge in [-0.05, 0) is 25.8 Å². The van der Waals surface area contributed by atoms with Gasteiger partial charge in [-0.15, -0.1) is 0 Å². The first-order valence-corrected chi connectivity index (χ1v) is 7.21. The van der Waals surface area contributed by atoms with Gasteiger partial charge in [-0.25, -0.2) is 0 Å². The number of hydrogen-bond donors (Lipinski definition) is 1. The van der Waals surface area contributed by atoms with Crippen LogP contribution < -0.4 is 5.32 Å². The Labute approximate surface area is 119 Å². The van der Waals surface area contributed by atoms with Crippen molar-refractivity contribution in [2.75, 3.05) is 0 Å². The number of aryl methyl sites for hydroxylation is 2. The summed E-state index contributed by atoms with van der Waals surface area (Å²) in [4.78, 5) is 4.37. The van der Waals surface area contributed by atoms with Crippen molar-refractivity contribution in [2.45, 2.75) is 59.2 Å². The summed E-state index contributed by atoms with van der Waals surface area (Å²) in [6, 6.07) is 0.298. The van der Waals surface area contributed by atoms with Gasteiger partial charge in [-0.2, -0.15) is 10.1 Å². The summed E-state index contributed by atoms with van der Waals surface area (Å²) < 4.78 is 7.14. The van der Waals surface area contributed by atoms with Crippen LogP contribution in [-0.4, -0.2) is 26.0 Å². The van der Waals surface area contributed by atoms with Crippen molar-refractivity contribution >= 4 is 0 Å². The highest BCUT2D eigenvalue weighted by Gasteiger charge is 2.08. The van der Waals surface area contributed by atoms with Crippen LogP contribution in [0, 0.1) is 6.92 Å². The van der Waals surface area contributed by atoms with E-state index in [2.05, 4.69) is 34.4 Å². The number of aromatic nitrogens is 4. The van der Waals surface area contributed by atoms with Crippen LogP contribution in [0.1, 0.15) is 44.0 Å². The van der Waals surface area contributed by atoms with Crippen LogP contribution in [0.15, 0.2) is 16.9 Å². The molecular weight excluding hydrogens is 254 g/mol. The lowest BCUT2D eigenvalue weighted by molar-refractivity contribution is 0.365. The van der Waals surface area contributed by atoms with E-state index in [1.54, 1.807) is 0 Å². The lowest BCUT2D eigenvalue weighted by atomic mass is 10.2. The summed E-state index contributed by atoms with van der Waals surface area (Å²) in [5, 5.41) is 11.6. The van der Waals surface area contributed by atoms with Crippen LogP contribution in [0.3, 0.4) is 0 Å². The van der Waals surface area contributed by atoms with E-state index in [9.17, 15) is 0 Å². The Morgan fingerprint density at radius 1 is 1.45 bits per heavy atom. The highest BCUT2D eigenvalue weighted by Crippen LogP contribution is 2.03. The Balaban J connectivity index is 1.75. The number of hydrogen-bond acceptors (Lipinski definition) is 5. The summed E-state index contributed by atoms with van der Waals surface area (Å²) in [5.41, 5.74) is 1.18.